The molecular formula is C19H23N3O2S. The molecule has 1 saturated heterocycles. The van der Waals surface area contributed by atoms with Crippen LogP contribution in [0.5, 0.6) is 5.75 Å². The Bertz CT molecular complexity index is 706. The van der Waals surface area contributed by atoms with Gasteiger partial charge in [0.2, 0.25) is 0 Å². The molecule has 2 heterocycles. The number of ether oxygens (including phenoxy) is 1. The quantitative estimate of drug-likeness (QED) is 0.763. The van der Waals surface area contributed by atoms with Crippen molar-refractivity contribution in [3.05, 3.63) is 53.6 Å². The van der Waals surface area contributed by atoms with Crippen molar-refractivity contribution in [3.8, 4) is 5.75 Å². The topological polar surface area (TPSA) is 54.5 Å². The van der Waals surface area contributed by atoms with E-state index in [9.17, 15) is 4.79 Å². The Balaban J connectivity index is 1.54. The van der Waals surface area contributed by atoms with E-state index in [0.29, 0.717) is 17.3 Å². The molecule has 0 bridgehead atoms. The summed E-state index contributed by atoms with van der Waals surface area (Å²) < 4.78 is 5.42. The van der Waals surface area contributed by atoms with Gasteiger partial charge in [-0.1, -0.05) is 19.1 Å². The minimum absolute atomic E-state index is 0.158. The molecule has 1 N–H and O–H groups in total. The van der Waals surface area contributed by atoms with Crippen molar-refractivity contribution < 1.29 is 9.53 Å². The summed E-state index contributed by atoms with van der Waals surface area (Å²) in [4.78, 5) is 19.3. The number of carbonyl (C=O) groups is 1. The third-order valence-corrected chi connectivity index (χ3v) is 4.90. The maximum Gasteiger partial charge on any atom is 0.257 e. The van der Waals surface area contributed by atoms with Crippen LogP contribution in [0, 0.1) is 0 Å². The van der Waals surface area contributed by atoms with E-state index < -0.39 is 0 Å². The van der Waals surface area contributed by atoms with Gasteiger partial charge >= 0.3 is 0 Å². The lowest BCUT2D eigenvalue weighted by atomic mass is 10.1. The van der Waals surface area contributed by atoms with Crippen molar-refractivity contribution in [1.29, 1.82) is 0 Å². The zero-order valence-electron chi connectivity index (χ0n) is 14.2. The first-order valence-electron chi connectivity index (χ1n) is 8.56. The lowest BCUT2D eigenvalue weighted by Crippen LogP contribution is -2.29. The summed E-state index contributed by atoms with van der Waals surface area (Å²) in [5.74, 6) is 0.559. The van der Waals surface area contributed by atoms with E-state index in [4.69, 9.17) is 4.74 Å². The second kappa shape index (κ2) is 8.78. The molecule has 1 aliphatic heterocycles. The molecule has 5 nitrogen and oxygen atoms in total. The van der Waals surface area contributed by atoms with Gasteiger partial charge in [0, 0.05) is 17.5 Å². The van der Waals surface area contributed by atoms with E-state index in [2.05, 4.69) is 21.8 Å². The number of rotatable bonds is 7. The fourth-order valence-corrected chi connectivity index (χ4v) is 3.51. The van der Waals surface area contributed by atoms with E-state index in [1.54, 1.807) is 30.3 Å². The highest BCUT2D eigenvalue weighted by Crippen LogP contribution is 2.20. The summed E-state index contributed by atoms with van der Waals surface area (Å²) >= 11 is 1.47. The van der Waals surface area contributed by atoms with Crippen molar-refractivity contribution in [3.63, 3.8) is 0 Å². The third kappa shape index (κ3) is 5.14. The maximum absolute atomic E-state index is 12.3. The van der Waals surface area contributed by atoms with Gasteiger partial charge in [0.15, 0.2) is 5.13 Å². The molecule has 1 aromatic carbocycles. The van der Waals surface area contributed by atoms with Gasteiger partial charge < -0.3 is 4.74 Å². The summed E-state index contributed by atoms with van der Waals surface area (Å²) in [7, 11) is 0. The second-order valence-corrected chi connectivity index (χ2v) is 6.92. The third-order valence-electron chi connectivity index (χ3n) is 4.09. The Kier molecular flexibility index (Phi) is 6.19. The molecule has 1 fully saturated rings. The highest BCUT2D eigenvalue weighted by atomic mass is 32.1. The summed E-state index contributed by atoms with van der Waals surface area (Å²) in [5, 5.41) is 5.54. The van der Waals surface area contributed by atoms with E-state index in [-0.39, 0.29) is 5.91 Å². The molecule has 3 rings (SSSR count). The standard InChI is InChI=1S/C19H23N3O2S/c1-2-12-24-17-8-6-15(7-9-17)18(23)21-19-20-16(14-25-19)13-22-10-4-3-5-11-22/h2,6-9,14H,1,3-5,10-13H2,(H,20,21,23). The minimum atomic E-state index is -0.158. The fourth-order valence-electron chi connectivity index (χ4n) is 2.81. The van der Waals surface area contributed by atoms with Crippen LogP contribution in [-0.2, 0) is 6.54 Å². The van der Waals surface area contributed by atoms with Crippen LogP contribution in [0.25, 0.3) is 0 Å². The fraction of sp³-hybridized carbons (Fsp3) is 0.368. The summed E-state index contributed by atoms with van der Waals surface area (Å²) in [6.45, 7) is 7.20. The van der Waals surface area contributed by atoms with Crippen molar-refractivity contribution in [1.82, 2.24) is 9.88 Å². The van der Waals surface area contributed by atoms with E-state index in [1.165, 1.54) is 30.6 Å². The molecule has 1 aromatic heterocycles. The average Bonchev–Trinajstić information content (AvgIpc) is 3.08. The summed E-state index contributed by atoms with van der Waals surface area (Å²) in [5.41, 5.74) is 1.61. The molecule has 1 amide bonds. The van der Waals surface area contributed by atoms with Gasteiger partial charge in [-0.15, -0.1) is 11.3 Å². The molecule has 0 radical (unpaired) electrons. The largest absolute Gasteiger partial charge is 0.490 e. The average molecular weight is 357 g/mol. The van der Waals surface area contributed by atoms with Crippen LogP contribution in [0.4, 0.5) is 5.13 Å². The Morgan fingerprint density at radius 3 is 2.76 bits per heavy atom. The van der Waals surface area contributed by atoms with Gasteiger partial charge in [0.25, 0.3) is 5.91 Å². The number of amides is 1. The van der Waals surface area contributed by atoms with Gasteiger partial charge in [0.1, 0.15) is 12.4 Å². The van der Waals surface area contributed by atoms with Crippen LogP contribution in [0.2, 0.25) is 0 Å². The van der Waals surface area contributed by atoms with Gasteiger partial charge in [-0.25, -0.2) is 4.98 Å². The van der Waals surface area contributed by atoms with Crippen molar-refractivity contribution in [2.24, 2.45) is 0 Å². The molecule has 25 heavy (non-hydrogen) atoms. The molecule has 0 atom stereocenters. The Morgan fingerprint density at radius 2 is 2.04 bits per heavy atom. The number of nitrogens with zero attached hydrogens (tertiary/aromatic N) is 2. The predicted octanol–water partition coefficient (Wildman–Crippen LogP) is 3.95. The first-order chi connectivity index (χ1) is 12.2. The molecule has 0 spiro atoms. The van der Waals surface area contributed by atoms with Gasteiger partial charge in [-0.3, -0.25) is 15.0 Å². The van der Waals surface area contributed by atoms with Crippen LogP contribution in [0.15, 0.2) is 42.3 Å². The van der Waals surface area contributed by atoms with Gasteiger partial charge in [-0.2, -0.15) is 0 Å². The number of benzene rings is 1. The normalized spacial score (nSPS) is 14.9. The van der Waals surface area contributed by atoms with Crippen LogP contribution < -0.4 is 10.1 Å². The number of anilines is 1. The lowest BCUT2D eigenvalue weighted by Gasteiger charge is -2.25. The van der Waals surface area contributed by atoms with E-state index in [1.807, 2.05) is 5.38 Å². The van der Waals surface area contributed by atoms with Crippen molar-refractivity contribution in [2.45, 2.75) is 25.8 Å². The van der Waals surface area contributed by atoms with Crippen LogP contribution >= 0.6 is 11.3 Å². The van der Waals surface area contributed by atoms with E-state index >= 15 is 0 Å². The number of hydrogen-bond acceptors (Lipinski definition) is 5. The maximum atomic E-state index is 12.3. The molecule has 2 aromatic rings. The number of nitrogens with one attached hydrogen (secondary N) is 1. The van der Waals surface area contributed by atoms with Crippen molar-refractivity contribution >= 4 is 22.4 Å². The molecule has 1 aliphatic rings. The Morgan fingerprint density at radius 1 is 1.28 bits per heavy atom. The molecule has 0 aliphatic carbocycles. The zero-order valence-corrected chi connectivity index (χ0v) is 15.1. The number of thiazole rings is 1. The molecule has 0 unspecified atom stereocenters. The number of carbonyl (C=O) groups excluding carboxylic acids is 1. The van der Waals surface area contributed by atoms with Crippen molar-refractivity contribution in [2.75, 3.05) is 25.0 Å². The number of aromatic nitrogens is 1. The highest BCUT2D eigenvalue weighted by molar-refractivity contribution is 7.13. The monoisotopic (exact) mass is 357 g/mol. The number of hydrogen-bond donors (Lipinski definition) is 1. The van der Waals surface area contributed by atoms with Crippen LogP contribution in [0.1, 0.15) is 35.3 Å². The first kappa shape index (κ1) is 17.6. The predicted molar refractivity (Wildman–Crippen MR) is 101 cm³/mol. The van der Waals surface area contributed by atoms with E-state index in [0.717, 1.165) is 31.1 Å². The highest BCUT2D eigenvalue weighted by Gasteiger charge is 2.13. The van der Waals surface area contributed by atoms with Crippen LogP contribution in [-0.4, -0.2) is 35.5 Å². The molecule has 6 heteroatoms. The molecule has 0 saturated carbocycles. The smallest absolute Gasteiger partial charge is 0.257 e. The molecule has 132 valence electrons. The Labute approximate surface area is 152 Å². The number of likely N-dealkylation sites (tertiary alicyclic amines) is 1. The van der Waals surface area contributed by atoms with Gasteiger partial charge in [0.05, 0.1) is 5.69 Å². The molecular weight excluding hydrogens is 334 g/mol. The Hall–Kier alpha value is -2.18. The minimum Gasteiger partial charge on any atom is -0.490 e. The van der Waals surface area contributed by atoms with Crippen LogP contribution in [0.3, 0.4) is 0 Å². The lowest BCUT2D eigenvalue weighted by molar-refractivity contribution is 0.102. The van der Waals surface area contributed by atoms with Gasteiger partial charge in [-0.05, 0) is 50.2 Å². The SMILES string of the molecule is C=CCOc1ccc(C(=O)Nc2nc(CN3CCCCC3)cs2)cc1. The first-order valence-corrected chi connectivity index (χ1v) is 9.44. The summed E-state index contributed by atoms with van der Waals surface area (Å²) in [6.07, 6.45) is 5.54. The number of piperidine rings is 1. The second-order valence-electron chi connectivity index (χ2n) is 6.06. The zero-order chi connectivity index (χ0) is 17.5. The summed E-state index contributed by atoms with van der Waals surface area (Å²) in [6, 6.07) is 7.05.